The minimum absolute atomic E-state index is 0.0219. The van der Waals surface area contributed by atoms with Crippen LogP contribution in [0.1, 0.15) is 35.6 Å². The number of amides is 1. The first-order valence-corrected chi connectivity index (χ1v) is 9.48. The van der Waals surface area contributed by atoms with Crippen molar-refractivity contribution in [1.82, 2.24) is 5.32 Å². The van der Waals surface area contributed by atoms with Crippen molar-refractivity contribution in [3.8, 4) is 11.5 Å². The minimum atomic E-state index is -0.259. The standard InChI is InChI=1S/C22H25NO4/c1-26-19-4-2-3-14(9-19)10-21(25)23-22(17-12-18(24)13-17)16-5-6-20-15(11-16)7-8-27-20/h2-6,9,11,17-18,22,24H,7-8,10,12-13H2,1H3,(H,23,25)/t17?,18?,22-/m1/s1. The molecular weight excluding hydrogens is 342 g/mol. The van der Waals surface area contributed by atoms with Crippen LogP contribution < -0.4 is 14.8 Å². The Bertz CT molecular complexity index is 829. The number of fused-ring (bicyclic) bond motifs is 1. The van der Waals surface area contributed by atoms with Crippen LogP contribution in [0.25, 0.3) is 0 Å². The molecular formula is C22H25NO4. The molecule has 2 aliphatic rings. The fourth-order valence-electron chi connectivity index (χ4n) is 3.97. The van der Waals surface area contributed by atoms with Crippen LogP contribution in [0.15, 0.2) is 42.5 Å². The molecule has 1 aliphatic carbocycles. The summed E-state index contributed by atoms with van der Waals surface area (Å²) in [6, 6.07) is 13.7. The summed E-state index contributed by atoms with van der Waals surface area (Å²) in [5.74, 6) is 1.92. The second kappa shape index (κ2) is 7.61. The van der Waals surface area contributed by atoms with Gasteiger partial charge in [0.05, 0.1) is 32.3 Å². The lowest BCUT2D eigenvalue weighted by Crippen LogP contribution is -2.41. The van der Waals surface area contributed by atoms with Crippen LogP contribution >= 0.6 is 0 Å². The first-order chi connectivity index (χ1) is 13.1. The molecule has 0 radical (unpaired) electrons. The number of nitrogens with one attached hydrogen (secondary N) is 1. The average Bonchev–Trinajstić information content (AvgIpc) is 3.11. The van der Waals surface area contributed by atoms with E-state index in [0.29, 0.717) is 13.0 Å². The van der Waals surface area contributed by atoms with Crippen molar-refractivity contribution in [2.45, 2.75) is 37.8 Å². The van der Waals surface area contributed by atoms with Crippen LogP contribution in [0, 0.1) is 5.92 Å². The second-order valence-corrected chi connectivity index (χ2v) is 7.42. The van der Waals surface area contributed by atoms with Crippen LogP contribution in [0.4, 0.5) is 0 Å². The number of carbonyl (C=O) groups is 1. The summed E-state index contributed by atoms with van der Waals surface area (Å²) in [6.45, 7) is 0.716. The third kappa shape index (κ3) is 3.93. The van der Waals surface area contributed by atoms with Crippen LogP contribution in [0.2, 0.25) is 0 Å². The lowest BCUT2D eigenvalue weighted by Gasteiger charge is -2.38. The highest BCUT2D eigenvalue weighted by Crippen LogP contribution is 2.39. The van der Waals surface area contributed by atoms with E-state index in [1.165, 1.54) is 5.56 Å². The molecule has 5 heteroatoms. The van der Waals surface area contributed by atoms with Gasteiger partial charge in [-0.15, -0.1) is 0 Å². The number of ether oxygens (including phenoxy) is 2. The molecule has 0 spiro atoms. The van der Waals surface area contributed by atoms with E-state index < -0.39 is 0 Å². The molecule has 1 heterocycles. The van der Waals surface area contributed by atoms with E-state index in [4.69, 9.17) is 9.47 Å². The number of aliphatic hydroxyl groups is 1. The van der Waals surface area contributed by atoms with E-state index in [1.54, 1.807) is 7.11 Å². The molecule has 1 fully saturated rings. The molecule has 2 N–H and O–H groups in total. The quantitative estimate of drug-likeness (QED) is 0.824. The highest BCUT2D eigenvalue weighted by atomic mass is 16.5. The van der Waals surface area contributed by atoms with Gasteiger partial charge in [-0.05, 0) is 59.7 Å². The van der Waals surface area contributed by atoms with Gasteiger partial charge in [0.1, 0.15) is 11.5 Å². The Morgan fingerprint density at radius 1 is 1.30 bits per heavy atom. The van der Waals surface area contributed by atoms with Gasteiger partial charge in [-0.3, -0.25) is 4.79 Å². The van der Waals surface area contributed by atoms with Crippen LogP contribution in [0.3, 0.4) is 0 Å². The van der Waals surface area contributed by atoms with Crippen molar-refractivity contribution in [2.24, 2.45) is 5.92 Å². The maximum Gasteiger partial charge on any atom is 0.224 e. The second-order valence-electron chi connectivity index (χ2n) is 7.42. The molecule has 2 aromatic rings. The Hall–Kier alpha value is -2.53. The molecule has 0 unspecified atom stereocenters. The molecule has 0 aromatic heterocycles. The highest BCUT2D eigenvalue weighted by molar-refractivity contribution is 5.79. The normalized spacial score (nSPS) is 21.6. The van der Waals surface area contributed by atoms with Gasteiger partial charge in [-0.2, -0.15) is 0 Å². The molecule has 1 aliphatic heterocycles. The van der Waals surface area contributed by atoms with E-state index in [-0.39, 0.29) is 24.0 Å². The van der Waals surface area contributed by atoms with Crippen molar-refractivity contribution in [3.63, 3.8) is 0 Å². The number of hydrogen-bond donors (Lipinski definition) is 2. The molecule has 27 heavy (non-hydrogen) atoms. The van der Waals surface area contributed by atoms with E-state index >= 15 is 0 Å². The van der Waals surface area contributed by atoms with Gasteiger partial charge in [0.2, 0.25) is 5.91 Å². The van der Waals surface area contributed by atoms with Crippen molar-refractivity contribution in [1.29, 1.82) is 0 Å². The van der Waals surface area contributed by atoms with Crippen molar-refractivity contribution < 1.29 is 19.4 Å². The van der Waals surface area contributed by atoms with Crippen LogP contribution in [-0.2, 0) is 17.6 Å². The fourth-order valence-corrected chi connectivity index (χ4v) is 3.97. The molecule has 0 saturated heterocycles. The Labute approximate surface area is 159 Å². The summed E-state index contributed by atoms with van der Waals surface area (Å²) < 4.78 is 10.8. The lowest BCUT2D eigenvalue weighted by atomic mass is 9.74. The van der Waals surface area contributed by atoms with Crippen molar-refractivity contribution in [2.75, 3.05) is 13.7 Å². The van der Waals surface area contributed by atoms with E-state index in [9.17, 15) is 9.90 Å². The summed E-state index contributed by atoms with van der Waals surface area (Å²) in [5, 5.41) is 13.0. The minimum Gasteiger partial charge on any atom is -0.497 e. The number of aliphatic hydroxyl groups excluding tert-OH is 1. The van der Waals surface area contributed by atoms with Gasteiger partial charge in [0, 0.05) is 6.42 Å². The van der Waals surface area contributed by atoms with E-state index in [0.717, 1.165) is 41.9 Å². The zero-order valence-electron chi connectivity index (χ0n) is 15.5. The maximum atomic E-state index is 12.7. The van der Waals surface area contributed by atoms with Gasteiger partial charge in [-0.1, -0.05) is 18.2 Å². The van der Waals surface area contributed by atoms with Gasteiger partial charge in [0.15, 0.2) is 0 Å². The SMILES string of the molecule is COc1cccc(CC(=O)N[C@H](c2ccc3c(c2)CCO3)C2CC(O)C2)c1. The van der Waals surface area contributed by atoms with Crippen molar-refractivity contribution in [3.05, 3.63) is 59.2 Å². The topological polar surface area (TPSA) is 67.8 Å². The molecule has 5 nitrogen and oxygen atoms in total. The molecule has 0 bridgehead atoms. The third-order valence-electron chi connectivity index (χ3n) is 5.51. The number of carbonyl (C=O) groups excluding carboxylic acids is 1. The number of benzene rings is 2. The first-order valence-electron chi connectivity index (χ1n) is 9.48. The van der Waals surface area contributed by atoms with Gasteiger partial charge >= 0.3 is 0 Å². The largest absolute Gasteiger partial charge is 0.497 e. The Morgan fingerprint density at radius 2 is 2.15 bits per heavy atom. The highest BCUT2D eigenvalue weighted by Gasteiger charge is 2.36. The van der Waals surface area contributed by atoms with E-state index in [1.807, 2.05) is 36.4 Å². The molecule has 1 atom stereocenters. The van der Waals surface area contributed by atoms with Gasteiger partial charge < -0.3 is 19.9 Å². The zero-order valence-corrected chi connectivity index (χ0v) is 15.5. The fraction of sp³-hybridized carbons (Fsp3) is 0.409. The van der Waals surface area contributed by atoms with Gasteiger partial charge in [0.25, 0.3) is 0 Å². The summed E-state index contributed by atoms with van der Waals surface area (Å²) in [6.07, 6.45) is 2.39. The van der Waals surface area contributed by atoms with Crippen LogP contribution in [0.5, 0.6) is 11.5 Å². The monoisotopic (exact) mass is 367 g/mol. The first kappa shape index (κ1) is 17.9. The Kier molecular flexibility index (Phi) is 5.03. The summed E-state index contributed by atoms with van der Waals surface area (Å²) >= 11 is 0. The molecule has 1 saturated carbocycles. The smallest absolute Gasteiger partial charge is 0.224 e. The number of rotatable bonds is 6. The van der Waals surface area contributed by atoms with Crippen LogP contribution in [-0.4, -0.2) is 30.8 Å². The maximum absolute atomic E-state index is 12.7. The van der Waals surface area contributed by atoms with Crippen molar-refractivity contribution >= 4 is 5.91 Å². The zero-order chi connectivity index (χ0) is 18.8. The number of hydrogen-bond acceptors (Lipinski definition) is 4. The third-order valence-corrected chi connectivity index (χ3v) is 5.51. The lowest BCUT2D eigenvalue weighted by molar-refractivity contribution is -0.122. The number of methoxy groups -OCH3 is 1. The molecule has 1 amide bonds. The summed E-state index contributed by atoms with van der Waals surface area (Å²) in [4.78, 5) is 12.7. The summed E-state index contributed by atoms with van der Waals surface area (Å²) in [5.41, 5.74) is 3.20. The Balaban J connectivity index is 1.50. The molecule has 142 valence electrons. The predicted molar refractivity (Wildman–Crippen MR) is 102 cm³/mol. The molecule has 4 rings (SSSR count). The predicted octanol–water partition coefficient (Wildman–Crippen LogP) is 2.80. The molecule has 2 aromatic carbocycles. The average molecular weight is 367 g/mol. The Morgan fingerprint density at radius 3 is 2.93 bits per heavy atom. The van der Waals surface area contributed by atoms with Gasteiger partial charge in [-0.25, -0.2) is 0 Å². The van der Waals surface area contributed by atoms with E-state index in [2.05, 4.69) is 11.4 Å². The summed E-state index contributed by atoms with van der Waals surface area (Å²) in [7, 11) is 1.62.